The second kappa shape index (κ2) is 7.32. The number of aromatic hydroxyl groups is 1. The maximum atomic E-state index is 9.98. The first-order valence-corrected chi connectivity index (χ1v) is 9.69. The van der Waals surface area contributed by atoms with E-state index in [9.17, 15) is 5.11 Å². The lowest BCUT2D eigenvalue weighted by molar-refractivity contribution is 0.224. The summed E-state index contributed by atoms with van der Waals surface area (Å²) in [5.41, 5.74) is 3.11. The smallest absolute Gasteiger partial charge is 0.247 e. The Morgan fingerprint density at radius 1 is 1.22 bits per heavy atom. The van der Waals surface area contributed by atoms with Crippen LogP contribution >= 0.6 is 11.8 Å². The fraction of sp³-hybridized carbons (Fsp3) is 0.211. The van der Waals surface area contributed by atoms with Crippen molar-refractivity contribution in [3.8, 4) is 28.6 Å². The summed E-state index contributed by atoms with van der Waals surface area (Å²) in [5.74, 6) is 0.898. The van der Waals surface area contributed by atoms with Crippen LogP contribution in [-0.4, -0.2) is 33.2 Å². The molecule has 2 N–H and O–H groups in total. The molecule has 7 nitrogen and oxygen atoms in total. The fourth-order valence-electron chi connectivity index (χ4n) is 2.85. The van der Waals surface area contributed by atoms with Crippen LogP contribution in [0, 0.1) is 0 Å². The van der Waals surface area contributed by atoms with Crippen LogP contribution in [0.4, 0.5) is 5.69 Å². The molecule has 2 heterocycles. The molecule has 3 aromatic rings. The first-order chi connectivity index (χ1) is 13.2. The molecule has 0 aliphatic carbocycles. The highest BCUT2D eigenvalue weighted by Gasteiger charge is 2.26. The molecule has 1 atom stereocenters. The number of ether oxygens (including phenoxy) is 2. The van der Waals surface area contributed by atoms with Gasteiger partial charge in [0.15, 0.2) is 23.4 Å². The van der Waals surface area contributed by atoms with Crippen LogP contribution in [0.25, 0.3) is 11.3 Å². The standard InChI is InChI=1S/C19H18N4O3S/c1-3-25-15-10-11(8-9-14(15)24)17-20-13-7-5-4-6-12(13)16-18(26-17)21-19(27-2)23-22-16/h4-10,17,20,24H,3H2,1-2H3/t17-/m1/s1. The Labute approximate surface area is 160 Å². The van der Waals surface area contributed by atoms with Crippen LogP contribution in [0.2, 0.25) is 0 Å². The average Bonchev–Trinajstić information content (AvgIpc) is 2.86. The molecule has 1 aliphatic rings. The van der Waals surface area contributed by atoms with Crippen LogP contribution in [0.15, 0.2) is 47.6 Å². The van der Waals surface area contributed by atoms with Gasteiger partial charge < -0.3 is 19.9 Å². The van der Waals surface area contributed by atoms with Gasteiger partial charge in [0.2, 0.25) is 11.0 Å². The zero-order valence-corrected chi connectivity index (χ0v) is 15.7. The van der Waals surface area contributed by atoms with E-state index in [2.05, 4.69) is 20.5 Å². The molecule has 0 fully saturated rings. The number of thioether (sulfide) groups is 1. The number of nitrogens with zero attached hydrogens (tertiary/aromatic N) is 3. The summed E-state index contributed by atoms with van der Waals surface area (Å²) in [7, 11) is 0. The fourth-order valence-corrected chi connectivity index (χ4v) is 3.15. The number of phenolic OH excluding ortho intramolecular Hbond substituents is 1. The number of aromatic nitrogens is 3. The predicted molar refractivity (Wildman–Crippen MR) is 103 cm³/mol. The number of para-hydroxylation sites is 1. The van der Waals surface area contributed by atoms with E-state index in [1.54, 1.807) is 18.2 Å². The van der Waals surface area contributed by atoms with E-state index in [1.807, 2.05) is 37.4 Å². The van der Waals surface area contributed by atoms with Crippen molar-refractivity contribution in [2.24, 2.45) is 0 Å². The van der Waals surface area contributed by atoms with E-state index in [4.69, 9.17) is 9.47 Å². The van der Waals surface area contributed by atoms with E-state index in [0.29, 0.717) is 29.1 Å². The molecule has 0 bridgehead atoms. The monoisotopic (exact) mass is 382 g/mol. The highest BCUT2D eigenvalue weighted by molar-refractivity contribution is 7.98. The van der Waals surface area contributed by atoms with E-state index < -0.39 is 6.23 Å². The molecule has 1 aliphatic heterocycles. The van der Waals surface area contributed by atoms with Crippen LogP contribution in [-0.2, 0) is 0 Å². The predicted octanol–water partition coefficient (Wildman–Crippen LogP) is 3.87. The van der Waals surface area contributed by atoms with Crippen molar-refractivity contribution in [3.05, 3.63) is 48.0 Å². The van der Waals surface area contributed by atoms with E-state index in [0.717, 1.165) is 16.8 Å². The average molecular weight is 382 g/mol. The Morgan fingerprint density at radius 3 is 2.89 bits per heavy atom. The van der Waals surface area contributed by atoms with Gasteiger partial charge in [-0.15, -0.1) is 10.2 Å². The molecule has 8 heteroatoms. The Balaban J connectivity index is 1.81. The second-order valence-corrected chi connectivity index (χ2v) is 6.57. The Bertz CT molecular complexity index is 983. The summed E-state index contributed by atoms with van der Waals surface area (Å²) in [5, 5.41) is 22.4. The Kier molecular flexibility index (Phi) is 4.72. The number of phenols is 1. The minimum absolute atomic E-state index is 0.0867. The molecule has 0 amide bonds. The molecule has 0 spiro atoms. The number of nitrogens with one attached hydrogen (secondary N) is 1. The summed E-state index contributed by atoms with van der Waals surface area (Å²) in [4.78, 5) is 4.49. The van der Waals surface area contributed by atoms with Gasteiger partial charge in [-0.25, -0.2) is 0 Å². The molecule has 0 saturated carbocycles. The van der Waals surface area contributed by atoms with Crippen molar-refractivity contribution < 1.29 is 14.6 Å². The van der Waals surface area contributed by atoms with Crippen molar-refractivity contribution in [1.82, 2.24) is 15.2 Å². The zero-order valence-electron chi connectivity index (χ0n) is 14.8. The van der Waals surface area contributed by atoms with Gasteiger partial charge in [-0.3, -0.25) is 0 Å². The maximum Gasteiger partial charge on any atom is 0.247 e. The zero-order chi connectivity index (χ0) is 18.8. The molecular weight excluding hydrogens is 364 g/mol. The maximum absolute atomic E-state index is 9.98. The number of hydrogen-bond donors (Lipinski definition) is 2. The number of rotatable bonds is 4. The third kappa shape index (κ3) is 3.35. The van der Waals surface area contributed by atoms with Gasteiger partial charge in [0.1, 0.15) is 0 Å². The van der Waals surface area contributed by atoms with E-state index in [1.165, 1.54) is 11.8 Å². The molecule has 138 valence electrons. The third-order valence-corrected chi connectivity index (χ3v) is 4.64. The van der Waals surface area contributed by atoms with Crippen LogP contribution in [0.3, 0.4) is 0 Å². The third-order valence-electron chi connectivity index (χ3n) is 4.10. The second-order valence-electron chi connectivity index (χ2n) is 5.80. The molecule has 27 heavy (non-hydrogen) atoms. The van der Waals surface area contributed by atoms with Crippen LogP contribution < -0.4 is 14.8 Å². The van der Waals surface area contributed by atoms with Crippen molar-refractivity contribution >= 4 is 17.4 Å². The molecular formula is C19H18N4O3S. The minimum Gasteiger partial charge on any atom is -0.504 e. The summed E-state index contributed by atoms with van der Waals surface area (Å²) >= 11 is 1.40. The number of hydrogen-bond acceptors (Lipinski definition) is 8. The van der Waals surface area contributed by atoms with Gasteiger partial charge in [-0.2, -0.15) is 4.98 Å². The lowest BCUT2D eigenvalue weighted by Gasteiger charge is -2.20. The largest absolute Gasteiger partial charge is 0.504 e. The highest BCUT2D eigenvalue weighted by atomic mass is 32.2. The summed E-state index contributed by atoms with van der Waals surface area (Å²) in [6, 6.07) is 12.9. The SMILES string of the molecule is CCOc1cc([C@@H]2Nc3ccccc3-c3nnc(SC)nc3O2)ccc1O. The first kappa shape index (κ1) is 17.4. The lowest BCUT2D eigenvalue weighted by Crippen LogP contribution is -2.17. The van der Waals surface area contributed by atoms with Crippen molar-refractivity contribution in [3.63, 3.8) is 0 Å². The van der Waals surface area contributed by atoms with Gasteiger partial charge in [-0.1, -0.05) is 30.0 Å². The summed E-state index contributed by atoms with van der Waals surface area (Å²) in [6.45, 7) is 2.32. The van der Waals surface area contributed by atoms with Crippen LogP contribution in [0.5, 0.6) is 17.4 Å². The topological polar surface area (TPSA) is 89.4 Å². The van der Waals surface area contributed by atoms with Gasteiger partial charge in [0, 0.05) is 16.8 Å². The number of fused-ring (bicyclic) bond motifs is 3. The molecule has 0 radical (unpaired) electrons. The molecule has 0 saturated heterocycles. The number of anilines is 1. The summed E-state index contributed by atoms with van der Waals surface area (Å²) in [6.07, 6.45) is 1.36. The van der Waals surface area contributed by atoms with E-state index in [-0.39, 0.29) is 5.75 Å². The molecule has 1 aromatic heterocycles. The van der Waals surface area contributed by atoms with E-state index >= 15 is 0 Å². The molecule has 4 rings (SSSR count). The normalized spacial score (nSPS) is 15.0. The number of benzene rings is 2. The van der Waals surface area contributed by atoms with Gasteiger partial charge in [-0.05, 0) is 37.4 Å². The highest BCUT2D eigenvalue weighted by Crippen LogP contribution is 2.40. The summed E-state index contributed by atoms with van der Waals surface area (Å²) < 4.78 is 11.7. The van der Waals surface area contributed by atoms with Gasteiger partial charge in [0.25, 0.3) is 0 Å². The Hall–Kier alpha value is -3.00. The van der Waals surface area contributed by atoms with Gasteiger partial charge in [0.05, 0.1) is 6.61 Å². The van der Waals surface area contributed by atoms with Crippen molar-refractivity contribution in [1.29, 1.82) is 0 Å². The first-order valence-electron chi connectivity index (χ1n) is 8.46. The lowest BCUT2D eigenvalue weighted by atomic mass is 10.1. The van der Waals surface area contributed by atoms with Gasteiger partial charge >= 0.3 is 0 Å². The molecule has 0 unspecified atom stereocenters. The molecule has 2 aromatic carbocycles. The quantitative estimate of drug-likeness (QED) is 0.658. The van der Waals surface area contributed by atoms with Crippen molar-refractivity contribution in [2.75, 3.05) is 18.2 Å². The van der Waals surface area contributed by atoms with Crippen LogP contribution in [0.1, 0.15) is 18.7 Å². The minimum atomic E-state index is -0.529. The van der Waals surface area contributed by atoms with Crippen molar-refractivity contribution in [2.45, 2.75) is 18.3 Å². The Morgan fingerprint density at radius 2 is 2.07 bits per heavy atom.